The third kappa shape index (κ3) is 4.68. The molecule has 2 aliphatic heterocycles. The van der Waals surface area contributed by atoms with Gasteiger partial charge in [0.1, 0.15) is 4.21 Å². The Morgan fingerprint density at radius 1 is 1.19 bits per heavy atom. The second-order valence-electron chi connectivity index (χ2n) is 7.41. The molecule has 2 aromatic rings. The van der Waals surface area contributed by atoms with E-state index in [1.54, 1.807) is 34.5 Å². The molecule has 1 aromatic heterocycles. The lowest BCUT2D eigenvalue weighted by Crippen LogP contribution is -2.46. The smallest absolute Gasteiger partial charge is 0.252 e. The summed E-state index contributed by atoms with van der Waals surface area (Å²) < 4.78 is 36.9. The van der Waals surface area contributed by atoms with E-state index in [1.165, 1.54) is 13.1 Å². The Bertz CT molecular complexity index is 1060. The number of benzene rings is 1. The number of rotatable bonds is 6. The minimum absolute atomic E-state index is 0.108. The van der Waals surface area contributed by atoms with Gasteiger partial charge in [0.2, 0.25) is 18.6 Å². The average Bonchev–Trinajstić information content (AvgIpc) is 3.45. The SMILES string of the molecule is CN(CC(=O)N1CCC(C(=O)Nc2ccc3c(c2)OCO3)CC1)S(=O)(=O)c1cccs1. The van der Waals surface area contributed by atoms with E-state index in [0.717, 1.165) is 15.6 Å². The molecule has 1 N–H and O–H groups in total. The van der Waals surface area contributed by atoms with Crippen LogP contribution in [0.1, 0.15) is 12.8 Å². The van der Waals surface area contributed by atoms with Gasteiger partial charge in [-0.2, -0.15) is 4.31 Å². The first-order valence-corrected chi connectivity index (χ1v) is 12.1. The second-order valence-corrected chi connectivity index (χ2v) is 10.6. The maximum Gasteiger partial charge on any atom is 0.252 e. The fourth-order valence-electron chi connectivity index (χ4n) is 3.55. The molecule has 3 heterocycles. The monoisotopic (exact) mass is 465 g/mol. The predicted molar refractivity (Wildman–Crippen MR) is 115 cm³/mol. The highest BCUT2D eigenvalue weighted by Gasteiger charge is 2.30. The van der Waals surface area contributed by atoms with E-state index >= 15 is 0 Å². The number of piperidine rings is 1. The van der Waals surface area contributed by atoms with Crippen molar-refractivity contribution in [1.29, 1.82) is 0 Å². The number of thiophene rings is 1. The summed E-state index contributed by atoms with van der Waals surface area (Å²) in [7, 11) is -2.27. The highest BCUT2D eigenvalue weighted by Crippen LogP contribution is 2.34. The molecule has 0 aliphatic carbocycles. The van der Waals surface area contributed by atoms with Crippen molar-refractivity contribution in [2.75, 3.05) is 38.8 Å². The Labute approximate surface area is 184 Å². The van der Waals surface area contributed by atoms with Crippen LogP contribution < -0.4 is 14.8 Å². The van der Waals surface area contributed by atoms with E-state index < -0.39 is 10.0 Å². The molecule has 1 fully saturated rings. The van der Waals surface area contributed by atoms with E-state index in [-0.39, 0.29) is 35.3 Å². The van der Waals surface area contributed by atoms with E-state index in [2.05, 4.69) is 5.32 Å². The lowest BCUT2D eigenvalue weighted by molar-refractivity contribution is -0.134. The Balaban J connectivity index is 1.28. The van der Waals surface area contributed by atoms with Gasteiger partial charge in [0.05, 0.1) is 6.54 Å². The molecule has 2 aliphatic rings. The Morgan fingerprint density at radius 2 is 1.94 bits per heavy atom. The van der Waals surface area contributed by atoms with Gasteiger partial charge in [-0.15, -0.1) is 11.3 Å². The first-order valence-electron chi connectivity index (χ1n) is 9.83. The molecule has 1 aromatic carbocycles. The highest BCUT2D eigenvalue weighted by atomic mass is 32.2. The zero-order valence-corrected chi connectivity index (χ0v) is 18.6. The molecule has 11 heteroatoms. The summed E-state index contributed by atoms with van der Waals surface area (Å²) in [5.74, 6) is 0.651. The van der Waals surface area contributed by atoms with Crippen LogP contribution in [0.15, 0.2) is 39.9 Å². The summed E-state index contributed by atoms with van der Waals surface area (Å²) in [5, 5.41) is 4.57. The zero-order chi connectivity index (χ0) is 22.0. The number of anilines is 1. The molecule has 4 rings (SSSR count). The van der Waals surface area contributed by atoms with Crippen molar-refractivity contribution < 1.29 is 27.5 Å². The van der Waals surface area contributed by atoms with Gasteiger partial charge in [0.25, 0.3) is 10.0 Å². The van der Waals surface area contributed by atoms with Gasteiger partial charge in [0, 0.05) is 37.8 Å². The van der Waals surface area contributed by atoms with Crippen LogP contribution in [-0.2, 0) is 19.6 Å². The van der Waals surface area contributed by atoms with Crippen LogP contribution in [0.5, 0.6) is 11.5 Å². The van der Waals surface area contributed by atoms with Gasteiger partial charge < -0.3 is 19.7 Å². The van der Waals surface area contributed by atoms with Gasteiger partial charge >= 0.3 is 0 Å². The van der Waals surface area contributed by atoms with E-state index in [9.17, 15) is 18.0 Å². The summed E-state index contributed by atoms with van der Waals surface area (Å²) in [6.45, 7) is 0.757. The molecule has 0 saturated carbocycles. The summed E-state index contributed by atoms with van der Waals surface area (Å²) in [6.07, 6.45) is 1.03. The van der Waals surface area contributed by atoms with Crippen molar-refractivity contribution in [1.82, 2.24) is 9.21 Å². The molecule has 0 bridgehead atoms. The van der Waals surface area contributed by atoms with Crippen molar-refractivity contribution in [3.05, 3.63) is 35.7 Å². The number of ether oxygens (including phenoxy) is 2. The number of fused-ring (bicyclic) bond motifs is 1. The largest absolute Gasteiger partial charge is 0.454 e. The summed E-state index contributed by atoms with van der Waals surface area (Å²) in [5.41, 5.74) is 0.633. The molecule has 0 atom stereocenters. The van der Waals surface area contributed by atoms with Crippen LogP contribution in [0, 0.1) is 5.92 Å². The summed E-state index contributed by atoms with van der Waals surface area (Å²) >= 11 is 1.12. The van der Waals surface area contributed by atoms with Crippen LogP contribution in [0.3, 0.4) is 0 Å². The summed E-state index contributed by atoms with van der Waals surface area (Å²) in [4.78, 5) is 26.8. The fraction of sp³-hybridized carbons (Fsp3) is 0.400. The standard InChI is InChI=1S/C20H23N3O6S2/c1-22(31(26,27)19-3-2-10-30-19)12-18(24)23-8-6-14(7-9-23)20(25)21-15-4-5-16-17(11-15)29-13-28-16/h2-5,10-11,14H,6-9,12-13H2,1H3,(H,21,25). The van der Waals surface area contributed by atoms with Crippen molar-refractivity contribution in [3.63, 3.8) is 0 Å². The summed E-state index contributed by atoms with van der Waals surface area (Å²) in [6, 6.07) is 8.41. The minimum atomic E-state index is -3.67. The predicted octanol–water partition coefficient (Wildman–Crippen LogP) is 1.97. The molecular weight excluding hydrogens is 442 g/mol. The van der Waals surface area contributed by atoms with Crippen LogP contribution in [0.2, 0.25) is 0 Å². The van der Waals surface area contributed by atoms with Crippen molar-refractivity contribution >= 4 is 38.9 Å². The van der Waals surface area contributed by atoms with Gasteiger partial charge in [-0.1, -0.05) is 6.07 Å². The third-order valence-electron chi connectivity index (χ3n) is 5.38. The molecule has 9 nitrogen and oxygen atoms in total. The van der Waals surface area contributed by atoms with Crippen molar-refractivity contribution in [3.8, 4) is 11.5 Å². The van der Waals surface area contributed by atoms with Gasteiger partial charge in [-0.05, 0) is 36.4 Å². The Morgan fingerprint density at radius 3 is 2.65 bits per heavy atom. The maximum atomic E-state index is 12.6. The lowest BCUT2D eigenvalue weighted by Gasteiger charge is -2.32. The molecule has 31 heavy (non-hydrogen) atoms. The number of likely N-dealkylation sites (N-methyl/N-ethyl adjacent to an activating group) is 1. The molecule has 2 amide bonds. The lowest BCUT2D eigenvalue weighted by atomic mass is 9.95. The number of sulfonamides is 1. The normalized spacial score (nSPS) is 16.5. The third-order valence-corrected chi connectivity index (χ3v) is 8.55. The van der Waals surface area contributed by atoms with Crippen molar-refractivity contribution in [2.45, 2.75) is 17.1 Å². The topological polar surface area (TPSA) is 105 Å². The van der Waals surface area contributed by atoms with Gasteiger partial charge in [-0.25, -0.2) is 8.42 Å². The van der Waals surface area contributed by atoms with E-state index in [0.29, 0.717) is 43.1 Å². The van der Waals surface area contributed by atoms with Crippen LogP contribution in [0.25, 0.3) is 0 Å². The number of nitrogens with one attached hydrogen (secondary N) is 1. The van der Waals surface area contributed by atoms with Crippen molar-refractivity contribution in [2.24, 2.45) is 5.92 Å². The van der Waals surface area contributed by atoms with Gasteiger partial charge in [-0.3, -0.25) is 9.59 Å². The van der Waals surface area contributed by atoms with E-state index in [1.807, 2.05) is 0 Å². The molecule has 166 valence electrons. The minimum Gasteiger partial charge on any atom is -0.454 e. The first kappa shape index (κ1) is 21.6. The number of hydrogen-bond donors (Lipinski definition) is 1. The molecule has 0 spiro atoms. The van der Waals surface area contributed by atoms with Crippen LogP contribution in [-0.4, -0.2) is 62.9 Å². The Hall–Kier alpha value is -2.63. The molecule has 1 saturated heterocycles. The van der Waals surface area contributed by atoms with Gasteiger partial charge in [0.15, 0.2) is 11.5 Å². The number of amides is 2. The number of carbonyl (C=O) groups excluding carboxylic acids is 2. The zero-order valence-electron chi connectivity index (χ0n) is 16.9. The number of likely N-dealkylation sites (tertiary alicyclic amines) is 1. The highest BCUT2D eigenvalue weighted by molar-refractivity contribution is 7.91. The number of carbonyl (C=O) groups is 2. The first-order chi connectivity index (χ1) is 14.8. The maximum absolute atomic E-state index is 12.6. The second kappa shape index (κ2) is 8.85. The fourth-order valence-corrected chi connectivity index (χ4v) is 5.87. The molecule has 0 unspecified atom stereocenters. The van der Waals surface area contributed by atoms with Crippen LogP contribution >= 0.6 is 11.3 Å². The quantitative estimate of drug-likeness (QED) is 0.699. The molecular formula is C20H23N3O6S2. The average molecular weight is 466 g/mol. The molecule has 0 radical (unpaired) electrons. The number of nitrogens with zero attached hydrogens (tertiary/aromatic N) is 2. The van der Waals surface area contributed by atoms with Crippen LogP contribution in [0.4, 0.5) is 5.69 Å². The van der Waals surface area contributed by atoms with E-state index in [4.69, 9.17) is 9.47 Å². The number of hydrogen-bond acceptors (Lipinski definition) is 7. The Kier molecular flexibility index (Phi) is 6.17.